The standard InChI is InChI=1S/C19H25N/c1-13-8-9-19(16(4)15(13)3)11-17-6-5-7-18(10-17)14(2)12-20/h5-10,14H,11-12,20H2,1-4H3. The molecule has 0 bridgehead atoms. The van der Waals surface area contributed by atoms with Crippen molar-refractivity contribution >= 4 is 0 Å². The first kappa shape index (κ1) is 14.8. The molecule has 2 aromatic rings. The van der Waals surface area contributed by atoms with Gasteiger partial charge in [0.2, 0.25) is 0 Å². The summed E-state index contributed by atoms with van der Waals surface area (Å²) in [6, 6.07) is 13.3. The third kappa shape index (κ3) is 3.10. The van der Waals surface area contributed by atoms with Gasteiger partial charge in [-0.15, -0.1) is 0 Å². The van der Waals surface area contributed by atoms with Crippen molar-refractivity contribution in [3.63, 3.8) is 0 Å². The van der Waals surface area contributed by atoms with Crippen LogP contribution < -0.4 is 5.73 Å². The lowest BCUT2D eigenvalue weighted by molar-refractivity contribution is 0.772. The smallest absolute Gasteiger partial charge is 0.00109 e. The summed E-state index contributed by atoms with van der Waals surface area (Å²) in [6.07, 6.45) is 0.998. The fraction of sp³-hybridized carbons (Fsp3) is 0.368. The second-order valence-electron chi connectivity index (χ2n) is 5.85. The third-order valence-corrected chi connectivity index (χ3v) is 4.44. The molecule has 1 unspecified atom stereocenters. The number of hydrogen-bond acceptors (Lipinski definition) is 1. The van der Waals surface area contributed by atoms with Gasteiger partial charge in [0, 0.05) is 0 Å². The molecule has 1 atom stereocenters. The number of rotatable bonds is 4. The topological polar surface area (TPSA) is 26.0 Å². The zero-order valence-electron chi connectivity index (χ0n) is 13.0. The summed E-state index contributed by atoms with van der Waals surface area (Å²) >= 11 is 0. The molecule has 2 N–H and O–H groups in total. The summed E-state index contributed by atoms with van der Waals surface area (Å²) in [5.74, 6) is 0.427. The highest BCUT2D eigenvalue weighted by Gasteiger charge is 2.07. The Bertz CT molecular complexity index is 599. The van der Waals surface area contributed by atoms with Gasteiger partial charge in [-0.25, -0.2) is 0 Å². The largest absolute Gasteiger partial charge is 0.330 e. The van der Waals surface area contributed by atoms with Crippen LogP contribution in [0.3, 0.4) is 0 Å². The number of benzene rings is 2. The van der Waals surface area contributed by atoms with Crippen LogP contribution in [-0.2, 0) is 6.42 Å². The molecule has 0 spiro atoms. The lowest BCUT2D eigenvalue weighted by atomic mass is 9.92. The molecule has 0 fully saturated rings. The summed E-state index contributed by atoms with van der Waals surface area (Å²) in [4.78, 5) is 0. The average Bonchev–Trinajstić information content (AvgIpc) is 2.47. The molecular weight excluding hydrogens is 242 g/mol. The van der Waals surface area contributed by atoms with E-state index < -0.39 is 0 Å². The highest BCUT2D eigenvalue weighted by Crippen LogP contribution is 2.22. The van der Waals surface area contributed by atoms with Crippen molar-refractivity contribution in [1.29, 1.82) is 0 Å². The van der Waals surface area contributed by atoms with Crippen molar-refractivity contribution in [3.8, 4) is 0 Å². The minimum Gasteiger partial charge on any atom is -0.330 e. The molecule has 0 aliphatic rings. The first-order chi connectivity index (χ1) is 9.52. The van der Waals surface area contributed by atoms with Crippen LogP contribution in [0, 0.1) is 20.8 Å². The molecule has 0 radical (unpaired) electrons. The van der Waals surface area contributed by atoms with Gasteiger partial charge in [0.25, 0.3) is 0 Å². The van der Waals surface area contributed by atoms with Gasteiger partial charge in [-0.05, 0) is 73.0 Å². The fourth-order valence-corrected chi connectivity index (χ4v) is 2.57. The molecule has 1 heteroatoms. The Morgan fingerprint density at radius 2 is 1.75 bits per heavy atom. The van der Waals surface area contributed by atoms with Crippen molar-refractivity contribution in [2.45, 2.75) is 40.0 Å². The van der Waals surface area contributed by atoms with Gasteiger partial charge in [-0.1, -0.05) is 43.3 Å². The minimum atomic E-state index is 0.427. The van der Waals surface area contributed by atoms with Crippen molar-refractivity contribution < 1.29 is 0 Å². The van der Waals surface area contributed by atoms with Crippen LogP contribution in [0.2, 0.25) is 0 Å². The molecule has 0 aromatic heterocycles. The third-order valence-electron chi connectivity index (χ3n) is 4.44. The van der Waals surface area contributed by atoms with E-state index in [0.29, 0.717) is 12.5 Å². The van der Waals surface area contributed by atoms with Gasteiger partial charge in [0.15, 0.2) is 0 Å². The Labute approximate surface area is 122 Å². The lowest BCUT2D eigenvalue weighted by Crippen LogP contribution is -2.09. The summed E-state index contributed by atoms with van der Waals surface area (Å²) in [5, 5.41) is 0. The number of aryl methyl sites for hydroxylation is 1. The van der Waals surface area contributed by atoms with Crippen LogP contribution in [0.15, 0.2) is 36.4 Å². The lowest BCUT2D eigenvalue weighted by Gasteiger charge is -2.13. The number of nitrogens with two attached hydrogens (primary N) is 1. The van der Waals surface area contributed by atoms with Gasteiger partial charge in [-0.2, -0.15) is 0 Å². The van der Waals surface area contributed by atoms with E-state index in [1.165, 1.54) is 33.4 Å². The van der Waals surface area contributed by atoms with E-state index in [1.54, 1.807) is 0 Å². The zero-order chi connectivity index (χ0) is 14.7. The molecule has 2 rings (SSSR count). The van der Waals surface area contributed by atoms with E-state index in [2.05, 4.69) is 64.1 Å². The van der Waals surface area contributed by atoms with Gasteiger partial charge in [0.05, 0.1) is 0 Å². The van der Waals surface area contributed by atoms with Gasteiger partial charge < -0.3 is 5.73 Å². The maximum absolute atomic E-state index is 5.77. The average molecular weight is 267 g/mol. The molecular formula is C19H25N. The van der Waals surface area contributed by atoms with Crippen LogP contribution in [0.25, 0.3) is 0 Å². The maximum Gasteiger partial charge on any atom is -0.00109 e. The summed E-state index contributed by atoms with van der Waals surface area (Å²) < 4.78 is 0. The SMILES string of the molecule is Cc1ccc(Cc2cccc(C(C)CN)c2)c(C)c1C. The van der Waals surface area contributed by atoms with E-state index in [1.807, 2.05) is 0 Å². The first-order valence-electron chi connectivity index (χ1n) is 7.37. The Kier molecular flexibility index (Phi) is 4.61. The Hall–Kier alpha value is -1.60. The molecule has 0 aliphatic carbocycles. The van der Waals surface area contributed by atoms with E-state index in [9.17, 15) is 0 Å². The predicted octanol–water partition coefficient (Wildman–Crippen LogP) is 4.26. The summed E-state index contributed by atoms with van der Waals surface area (Å²) in [6.45, 7) is 9.49. The molecule has 2 aromatic carbocycles. The highest BCUT2D eigenvalue weighted by molar-refractivity contribution is 5.41. The minimum absolute atomic E-state index is 0.427. The van der Waals surface area contributed by atoms with Crippen LogP contribution >= 0.6 is 0 Å². The summed E-state index contributed by atoms with van der Waals surface area (Å²) in [7, 11) is 0. The van der Waals surface area contributed by atoms with E-state index in [4.69, 9.17) is 5.73 Å². The first-order valence-corrected chi connectivity index (χ1v) is 7.37. The predicted molar refractivity (Wildman–Crippen MR) is 87.4 cm³/mol. The Morgan fingerprint density at radius 3 is 2.45 bits per heavy atom. The van der Waals surface area contributed by atoms with Crippen molar-refractivity contribution in [2.24, 2.45) is 5.73 Å². The Balaban J connectivity index is 2.29. The molecule has 106 valence electrons. The molecule has 1 nitrogen and oxygen atoms in total. The maximum atomic E-state index is 5.77. The normalized spacial score (nSPS) is 12.4. The molecule has 20 heavy (non-hydrogen) atoms. The van der Waals surface area contributed by atoms with Crippen LogP contribution in [0.5, 0.6) is 0 Å². The fourth-order valence-electron chi connectivity index (χ4n) is 2.57. The van der Waals surface area contributed by atoms with Gasteiger partial charge in [0.1, 0.15) is 0 Å². The molecule has 0 amide bonds. The molecule has 0 aliphatic heterocycles. The summed E-state index contributed by atoms with van der Waals surface area (Å²) in [5.41, 5.74) is 14.1. The van der Waals surface area contributed by atoms with E-state index in [0.717, 1.165) is 6.42 Å². The second-order valence-corrected chi connectivity index (χ2v) is 5.85. The molecule has 0 saturated heterocycles. The van der Waals surface area contributed by atoms with E-state index >= 15 is 0 Å². The van der Waals surface area contributed by atoms with Gasteiger partial charge in [-0.3, -0.25) is 0 Å². The van der Waals surface area contributed by atoms with Crippen LogP contribution in [-0.4, -0.2) is 6.54 Å². The van der Waals surface area contributed by atoms with Gasteiger partial charge >= 0.3 is 0 Å². The molecule has 0 saturated carbocycles. The zero-order valence-corrected chi connectivity index (χ0v) is 13.0. The van der Waals surface area contributed by atoms with Crippen LogP contribution in [0.1, 0.15) is 46.2 Å². The highest BCUT2D eigenvalue weighted by atomic mass is 14.5. The van der Waals surface area contributed by atoms with Crippen molar-refractivity contribution in [1.82, 2.24) is 0 Å². The van der Waals surface area contributed by atoms with Crippen molar-refractivity contribution in [3.05, 3.63) is 69.8 Å². The monoisotopic (exact) mass is 267 g/mol. The van der Waals surface area contributed by atoms with Crippen molar-refractivity contribution in [2.75, 3.05) is 6.54 Å². The Morgan fingerprint density at radius 1 is 1.00 bits per heavy atom. The van der Waals surface area contributed by atoms with E-state index in [-0.39, 0.29) is 0 Å². The van der Waals surface area contributed by atoms with Crippen LogP contribution in [0.4, 0.5) is 0 Å². The molecule has 0 heterocycles. The number of hydrogen-bond donors (Lipinski definition) is 1. The second kappa shape index (κ2) is 6.23. The quantitative estimate of drug-likeness (QED) is 0.880.